The smallest absolute Gasteiger partial charge is 0.220 e. The Hall–Kier alpha value is -1.97. The zero-order valence-electron chi connectivity index (χ0n) is 15.6. The number of carbonyl (C=O) groups is 1. The van der Waals surface area contributed by atoms with E-state index in [0.29, 0.717) is 32.5 Å². The Morgan fingerprint density at radius 2 is 2.19 bits per heavy atom. The van der Waals surface area contributed by atoms with Crippen molar-refractivity contribution in [3.05, 3.63) is 35.7 Å². The molecule has 1 aromatic carbocycles. The molecule has 9 heteroatoms. The Bertz CT molecular complexity index is 732. The molecule has 0 radical (unpaired) electrons. The van der Waals surface area contributed by atoms with E-state index in [0.717, 1.165) is 37.7 Å². The average Bonchev–Trinajstić information content (AvgIpc) is 3.14. The van der Waals surface area contributed by atoms with Gasteiger partial charge in [0.2, 0.25) is 5.91 Å². The van der Waals surface area contributed by atoms with Crippen LogP contribution in [0.2, 0.25) is 0 Å². The number of thioether (sulfide) groups is 1. The van der Waals surface area contributed by atoms with Crippen LogP contribution in [0, 0.1) is 0 Å². The first-order valence-corrected chi connectivity index (χ1v) is 10.4. The molecule has 0 aliphatic carbocycles. The van der Waals surface area contributed by atoms with Gasteiger partial charge in [0, 0.05) is 37.5 Å². The SMILES string of the molecule is CSc1cccc(CNC(=O)CCCn2nnnc2CN2CCOCC2)c1. The van der Waals surface area contributed by atoms with Gasteiger partial charge in [0.1, 0.15) is 0 Å². The topological polar surface area (TPSA) is 85.2 Å². The number of nitrogens with one attached hydrogen (secondary N) is 1. The molecule has 1 amide bonds. The van der Waals surface area contributed by atoms with Gasteiger partial charge in [0.15, 0.2) is 5.82 Å². The third-order valence-corrected chi connectivity index (χ3v) is 5.20. The Kier molecular flexibility index (Phi) is 7.61. The highest BCUT2D eigenvalue weighted by Crippen LogP contribution is 2.15. The van der Waals surface area contributed by atoms with Gasteiger partial charge >= 0.3 is 0 Å². The molecule has 8 nitrogen and oxygen atoms in total. The van der Waals surface area contributed by atoms with Crippen molar-refractivity contribution < 1.29 is 9.53 Å². The zero-order chi connectivity index (χ0) is 18.9. The molecule has 1 saturated heterocycles. The summed E-state index contributed by atoms with van der Waals surface area (Å²) in [6.45, 7) is 5.21. The van der Waals surface area contributed by atoms with Crippen LogP contribution in [0.5, 0.6) is 0 Å². The van der Waals surface area contributed by atoms with Gasteiger partial charge in [-0.25, -0.2) is 4.68 Å². The molecule has 0 bridgehead atoms. The fraction of sp³-hybridized carbons (Fsp3) is 0.556. The van der Waals surface area contributed by atoms with Gasteiger partial charge in [-0.05, 0) is 40.8 Å². The van der Waals surface area contributed by atoms with Gasteiger partial charge in [-0.1, -0.05) is 12.1 Å². The van der Waals surface area contributed by atoms with E-state index in [1.807, 2.05) is 18.4 Å². The van der Waals surface area contributed by atoms with Crippen LogP contribution in [-0.4, -0.2) is 63.6 Å². The number of rotatable bonds is 9. The molecule has 1 aliphatic rings. The van der Waals surface area contributed by atoms with E-state index in [4.69, 9.17) is 4.74 Å². The molecule has 0 unspecified atom stereocenters. The normalized spacial score (nSPS) is 15.0. The third kappa shape index (κ3) is 6.30. The first kappa shape index (κ1) is 19.8. The third-order valence-electron chi connectivity index (χ3n) is 4.47. The maximum absolute atomic E-state index is 12.1. The summed E-state index contributed by atoms with van der Waals surface area (Å²) in [6.07, 6.45) is 3.21. The summed E-state index contributed by atoms with van der Waals surface area (Å²) in [6, 6.07) is 8.21. The van der Waals surface area contributed by atoms with Gasteiger partial charge in [-0.3, -0.25) is 9.69 Å². The molecule has 3 rings (SSSR count). The number of hydrogen-bond donors (Lipinski definition) is 1. The van der Waals surface area contributed by atoms with Crippen LogP contribution in [0.3, 0.4) is 0 Å². The van der Waals surface area contributed by atoms with Gasteiger partial charge < -0.3 is 10.1 Å². The van der Waals surface area contributed by atoms with Crippen molar-refractivity contribution in [1.82, 2.24) is 30.4 Å². The van der Waals surface area contributed by atoms with E-state index in [1.165, 1.54) is 4.90 Å². The van der Waals surface area contributed by atoms with Gasteiger partial charge in [-0.15, -0.1) is 16.9 Å². The molecule has 2 heterocycles. The summed E-state index contributed by atoms with van der Waals surface area (Å²) in [5, 5.41) is 14.9. The predicted molar refractivity (Wildman–Crippen MR) is 103 cm³/mol. The number of ether oxygens (including phenoxy) is 1. The fourth-order valence-corrected chi connectivity index (χ4v) is 3.41. The standard InChI is InChI=1S/C18H26N6O2S/c1-27-16-5-2-4-15(12-16)13-19-18(25)6-3-7-24-17(20-21-22-24)14-23-8-10-26-11-9-23/h2,4-5,12H,3,6-11,13-14H2,1H3,(H,19,25). The number of hydrogen-bond acceptors (Lipinski definition) is 7. The Morgan fingerprint density at radius 3 is 3.00 bits per heavy atom. The molecular weight excluding hydrogens is 364 g/mol. The molecule has 146 valence electrons. The fourth-order valence-electron chi connectivity index (χ4n) is 2.93. The second kappa shape index (κ2) is 10.4. The first-order chi connectivity index (χ1) is 13.2. The summed E-state index contributed by atoms with van der Waals surface area (Å²) in [7, 11) is 0. The zero-order valence-corrected chi connectivity index (χ0v) is 16.5. The summed E-state index contributed by atoms with van der Waals surface area (Å²) in [5.74, 6) is 0.888. The highest BCUT2D eigenvalue weighted by molar-refractivity contribution is 7.98. The van der Waals surface area contributed by atoms with Crippen molar-refractivity contribution in [1.29, 1.82) is 0 Å². The molecule has 1 aromatic heterocycles. The van der Waals surface area contributed by atoms with Crippen LogP contribution < -0.4 is 5.32 Å². The van der Waals surface area contributed by atoms with Crippen molar-refractivity contribution in [3.63, 3.8) is 0 Å². The summed E-state index contributed by atoms with van der Waals surface area (Å²) >= 11 is 1.70. The highest BCUT2D eigenvalue weighted by atomic mass is 32.2. The van der Waals surface area contributed by atoms with Crippen LogP contribution >= 0.6 is 11.8 Å². The number of benzene rings is 1. The van der Waals surface area contributed by atoms with E-state index in [9.17, 15) is 4.79 Å². The molecule has 0 spiro atoms. The number of tetrazole rings is 1. The van der Waals surface area contributed by atoms with Gasteiger partial charge in [0.05, 0.1) is 19.8 Å². The quantitative estimate of drug-likeness (QED) is 0.647. The van der Waals surface area contributed by atoms with Gasteiger partial charge in [0.25, 0.3) is 0 Å². The molecule has 1 fully saturated rings. The lowest BCUT2D eigenvalue weighted by molar-refractivity contribution is -0.121. The van der Waals surface area contributed by atoms with Crippen molar-refractivity contribution in [2.75, 3.05) is 32.6 Å². The van der Waals surface area contributed by atoms with Gasteiger partial charge in [-0.2, -0.15) is 0 Å². The molecule has 1 aliphatic heterocycles. The van der Waals surface area contributed by atoms with E-state index in [1.54, 1.807) is 16.4 Å². The van der Waals surface area contributed by atoms with E-state index in [2.05, 4.69) is 37.9 Å². The average molecular weight is 391 g/mol. The second-order valence-electron chi connectivity index (χ2n) is 6.44. The Balaban J connectivity index is 1.39. The molecule has 0 atom stereocenters. The summed E-state index contributed by atoms with van der Waals surface area (Å²) < 4.78 is 7.16. The van der Waals surface area contributed by atoms with Crippen molar-refractivity contribution >= 4 is 17.7 Å². The number of aromatic nitrogens is 4. The number of carbonyl (C=O) groups excluding carboxylic acids is 1. The van der Waals surface area contributed by atoms with Crippen LogP contribution in [0.4, 0.5) is 0 Å². The van der Waals surface area contributed by atoms with Crippen LogP contribution in [0.25, 0.3) is 0 Å². The lowest BCUT2D eigenvalue weighted by Crippen LogP contribution is -2.36. The number of morpholine rings is 1. The minimum Gasteiger partial charge on any atom is -0.379 e. The van der Waals surface area contributed by atoms with E-state index < -0.39 is 0 Å². The molecular formula is C18H26N6O2S. The molecule has 1 N–H and O–H groups in total. The Morgan fingerprint density at radius 1 is 1.33 bits per heavy atom. The lowest BCUT2D eigenvalue weighted by Gasteiger charge is -2.25. The maximum atomic E-state index is 12.1. The minimum absolute atomic E-state index is 0.0485. The molecule has 2 aromatic rings. The van der Waals surface area contributed by atoms with Crippen LogP contribution in [0.15, 0.2) is 29.2 Å². The van der Waals surface area contributed by atoms with E-state index >= 15 is 0 Å². The largest absolute Gasteiger partial charge is 0.379 e. The number of amides is 1. The maximum Gasteiger partial charge on any atom is 0.220 e. The second-order valence-corrected chi connectivity index (χ2v) is 7.32. The Labute approximate surface area is 163 Å². The minimum atomic E-state index is 0.0485. The first-order valence-electron chi connectivity index (χ1n) is 9.19. The van der Waals surface area contributed by atoms with Crippen molar-refractivity contribution in [2.24, 2.45) is 0 Å². The summed E-state index contributed by atoms with van der Waals surface area (Å²) in [5.41, 5.74) is 1.11. The van der Waals surface area contributed by atoms with Crippen molar-refractivity contribution in [2.45, 2.75) is 37.4 Å². The van der Waals surface area contributed by atoms with Crippen LogP contribution in [0.1, 0.15) is 24.2 Å². The highest BCUT2D eigenvalue weighted by Gasteiger charge is 2.15. The lowest BCUT2D eigenvalue weighted by atomic mass is 10.2. The summed E-state index contributed by atoms with van der Waals surface area (Å²) in [4.78, 5) is 15.6. The predicted octanol–water partition coefficient (Wildman–Crippen LogP) is 1.32. The van der Waals surface area contributed by atoms with E-state index in [-0.39, 0.29) is 5.91 Å². The monoisotopic (exact) mass is 390 g/mol. The van der Waals surface area contributed by atoms with Crippen LogP contribution in [-0.2, 0) is 29.2 Å². The molecule has 27 heavy (non-hydrogen) atoms. The number of aryl methyl sites for hydroxylation is 1. The number of nitrogens with zero attached hydrogens (tertiary/aromatic N) is 5. The molecule has 0 saturated carbocycles. The van der Waals surface area contributed by atoms with Crippen molar-refractivity contribution in [3.8, 4) is 0 Å².